The van der Waals surface area contributed by atoms with Crippen molar-refractivity contribution in [3.05, 3.63) is 26.9 Å². The molecule has 0 radical (unpaired) electrons. The minimum absolute atomic E-state index is 0.00383. The Balaban J connectivity index is 2.25. The second kappa shape index (κ2) is 5.19. The van der Waals surface area contributed by atoms with Crippen molar-refractivity contribution in [2.75, 3.05) is 18.4 Å². The zero-order valence-electron chi connectivity index (χ0n) is 10.1. The van der Waals surface area contributed by atoms with E-state index in [1.165, 1.54) is 6.07 Å². The van der Waals surface area contributed by atoms with Crippen LogP contribution in [0.4, 0.5) is 11.5 Å². The van der Waals surface area contributed by atoms with E-state index in [4.69, 9.17) is 0 Å². The van der Waals surface area contributed by atoms with E-state index < -0.39 is 4.92 Å². The number of halogens is 1. The van der Waals surface area contributed by atoms with E-state index in [-0.39, 0.29) is 11.2 Å². The number of nitrogens with zero attached hydrogens (tertiary/aromatic N) is 2. The van der Waals surface area contributed by atoms with Crippen molar-refractivity contribution in [2.45, 2.75) is 25.3 Å². The summed E-state index contributed by atoms with van der Waals surface area (Å²) in [6.07, 6.45) is 3.41. The zero-order chi connectivity index (χ0) is 13.2. The maximum atomic E-state index is 11.0. The van der Waals surface area contributed by atoms with Crippen molar-refractivity contribution in [3.63, 3.8) is 0 Å². The van der Waals surface area contributed by atoms with Crippen LogP contribution in [0.15, 0.2) is 16.7 Å². The molecule has 1 aromatic heterocycles. The van der Waals surface area contributed by atoms with Crippen LogP contribution in [0.2, 0.25) is 0 Å². The van der Waals surface area contributed by atoms with Crippen LogP contribution in [0.5, 0.6) is 0 Å². The van der Waals surface area contributed by atoms with Crippen molar-refractivity contribution in [3.8, 4) is 0 Å². The van der Waals surface area contributed by atoms with Gasteiger partial charge in [0.2, 0.25) is 5.82 Å². The number of nitrogens with one attached hydrogen (secondary N) is 2. The molecule has 18 heavy (non-hydrogen) atoms. The first kappa shape index (κ1) is 13.2. The number of pyridine rings is 1. The van der Waals surface area contributed by atoms with Gasteiger partial charge >= 0.3 is 5.69 Å². The molecule has 1 fully saturated rings. The van der Waals surface area contributed by atoms with Gasteiger partial charge in [-0.05, 0) is 48.8 Å². The fourth-order valence-electron chi connectivity index (χ4n) is 2.05. The van der Waals surface area contributed by atoms with E-state index in [9.17, 15) is 10.1 Å². The average molecular weight is 315 g/mol. The summed E-state index contributed by atoms with van der Waals surface area (Å²) < 4.78 is 0.607. The summed E-state index contributed by atoms with van der Waals surface area (Å²) in [5.74, 6) is 0.340. The van der Waals surface area contributed by atoms with Crippen LogP contribution in [-0.4, -0.2) is 28.5 Å². The average Bonchev–Trinajstić information content (AvgIpc) is 2.32. The maximum Gasteiger partial charge on any atom is 0.312 e. The first-order chi connectivity index (χ1) is 8.50. The number of nitro groups is 1. The summed E-state index contributed by atoms with van der Waals surface area (Å²) >= 11 is 3.20. The monoisotopic (exact) mass is 314 g/mol. The molecule has 1 aliphatic heterocycles. The highest BCUT2D eigenvalue weighted by molar-refractivity contribution is 9.10. The van der Waals surface area contributed by atoms with Gasteiger partial charge in [0.15, 0.2) is 0 Å². The number of rotatable bonds is 3. The van der Waals surface area contributed by atoms with E-state index in [0.717, 1.165) is 25.9 Å². The highest BCUT2D eigenvalue weighted by atomic mass is 79.9. The van der Waals surface area contributed by atoms with Crippen LogP contribution >= 0.6 is 15.9 Å². The lowest BCUT2D eigenvalue weighted by Crippen LogP contribution is -2.45. The lowest BCUT2D eigenvalue weighted by atomic mass is 9.90. The molecular formula is C11H15BrN4O2. The van der Waals surface area contributed by atoms with E-state index in [0.29, 0.717) is 10.3 Å². The van der Waals surface area contributed by atoms with Crippen molar-refractivity contribution in [2.24, 2.45) is 0 Å². The number of piperidine rings is 1. The SMILES string of the molecule is CC1(Nc2ncc(Br)cc2[N+](=O)[O-])CCNCC1. The molecular weight excluding hydrogens is 300 g/mol. The Hall–Kier alpha value is -1.21. The Morgan fingerprint density at radius 1 is 1.56 bits per heavy atom. The van der Waals surface area contributed by atoms with E-state index in [2.05, 4.69) is 38.5 Å². The van der Waals surface area contributed by atoms with Gasteiger partial charge in [-0.25, -0.2) is 4.98 Å². The van der Waals surface area contributed by atoms with Gasteiger partial charge in [0.05, 0.1) is 4.92 Å². The Morgan fingerprint density at radius 3 is 2.83 bits per heavy atom. The minimum Gasteiger partial charge on any atom is -0.359 e. The van der Waals surface area contributed by atoms with Crippen LogP contribution < -0.4 is 10.6 Å². The lowest BCUT2D eigenvalue weighted by Gasteiger charge is -2.35. The minimum atomic E-state index is -0.412. The summed E-state index contributed by atoms with van der Waals surface area (Å²) in [5, 5.41) is 17.5. The second-order valence-corrected chi connectivity index (χ2v) is 5.63. The molecule has 0 atom stereocenters. The summed E-state index contributed by atoms with van der Waals surface area (Å²) in [4.78, 5) is 14.7. The van der Waals surface area contributed by atoms with Gasteiger partial charge in [0, 0.05) is 22.3 Å². The third-order valence-corrected chi connectivity index (χ3v) is 3.59. The predicted octanol–water partition coefficient (Wildman–Crippen LogP) is 2.31. The molecule has 0 unspecified atom stereocenters. The fraction of sp³-hybridized carbons (Fsp3) is 0.545. The molecule has 0 bridgehead atoms. The lowest BCUT2D eigenvalue weighted by molar-refractivity contribution is -0.384. The van der Waals surface area contributed by atoms with Gasteiger partial charge in [-0.2, -0.15) is 0 Å². The fourth-order valence-corrected chi connectivity index (χ4v) is 2.37. The molecule has 7 heteroatoms. The van der Waals surface area contributed by atoms with Crippen LogP contribution in [0.1, 0.15) is 19.8 Å². The van der Waals surface area contributed by atoms with Gasteiger partial charge in [-0.1, -0.05) is 0 Å². The number of hydrogen-bond acceptors (Lipinski definition) is 5. The summed E-state index contributed by atoms with van der Waals surface area (Å²) in [6, 6.07) is 1.47. The number of anilines is 1. The predicted molar refractivity (Wildman–Crippen MR) is 72.7 cm³/mol. The van der Waals surface area contributed by atoms with Crippen molar-refractivity contribution in [1.82, 2.24) is 10.3 Å². The van der Waals surface area contributed by atoms with Crippen LogP contribution in [0.3, 0.4) is 0 Å². The molecule has 1 aromatic rings. The Bertz CT molecular complexity index is 460. The third kappa shape index (κ3) is 2.97. The molecule has 6 nitrogen and oxygen atoms in total. The molecule has 2 heterocycles. The van der Waals surface area contributed by atoms with Crippen molar-refractivity contribution in [1.29, 1.82) is 0 Å². The van der Waals surface area contributed by atoms with Gasteiger partial charge in [-0.3, -0.25) is 10.1 Å². The summed E-state index contributed by atoms with van der Waals surface area (Å²) in [6.45, 7) is 3.89. The zero-order valence-corrected chi connectivity index (χ0v) is 11.7. The summed E-state index contributed by atoms with van der Waals surface area (Å²) in [7, 11) is 0. The largest absolute Gasteiger partial charge is 0.359 e. The van der Waals surface area contributed by atoms with Crippen LogP contribution in [0.25, 0.3) is 0 Å². The number of aromatic nitrogens is 1. The van der Waals surface area contributed by atoms with E-state index in [1.54, 1.807) is 6.20 Å². The highest BCUT2D eigenvalue weighted by Gasteiger charge is 2.29. The maximum absolute atomic E-state index is 11.0. The van der Waals surface area contributed by atoms with Crippen LogP contribution in [0, 0.1) is 10.1 Å². The standard InChI is InChI=1S/C11H15BrN4O2/c1-11(2-4-13-5-3-11)15-10-9(16(17)18)6-8(12)7-14-10/h6-7,13H,2-5H2,1H3,(H,14,15). The smallest absolute Gasteiger partial charge is 0.312 e. The molecule has 0 spiro atoms. The normalized spacial score (nSPS) is 18.3. The third-order valence-electron chi connectivity index (χ3n) is 3.16. The number of hydrogen-bond donors (Lipinski definition) is 2. The van der Waals surface area contributed by atoms with Crippen LogP contribution in [-0.2, 0) is 0 Å². The molecule has 1 saturated heterocycles. The molecule has 0 aliphatic carbocycles. The summed E-state index contributed by atoms with van der Waals surface area (Å²) in [5.41, 5.74) is -0.138. The van der Waals surface area contributed by atoms with E-state index in [1.807, 2.05) is 0 Å². The van der Waals surface area contributed by atoms with E-state index >= 15 is 0 Å². The molecule has 2 N–H and O–H groups in total. The molecule has 2 rings (SSSR count). The van der Waals surface area contributed by atoms with Gasteiger partial charge in [-0.15, -0.1) is 0 Å². The molecule has 1 aliphatic rings. The topological polar surface area (TPSA) is 80.1 Å². The van der Waals surface area contributed by atoms with Crippen molar-refractivity contribution < 1.29 is 4.92 Å². The van der Waals surface area contributed by atoms with Gasteiger partial charge in [0.1, 0.15) is 0 Å². The molecule has 0 amide bonds. The Kier molecular flexibility index (Phi) is 3.82. The second-order valence-electron chi connectivity index (χ2n) is 4.71. The first-order valence-electron chi connectivity index (χ1n) is 5.79. The molecule has 0 saturated carbocycles. The highest BCUT2D eigenvalue weighted by Crippen LogP contribution is 2.30. The van der Waals surface area contributed by atoms with Gasteiger partial charge in [0.25, 0.3) is 0 Å². The quantitative estimate of drug-likeness (QED) is 0.661. The molecule has 0 aromatic carbocycles. The van der Waals surface area contributed by atoms with Crippen molar-refractivity contribution >= 4 is 27.4 Å². The van der Waals surface area contributed by atoms with Gasteiger partial charge < -0.3 is 10.6 Å². The first-order valence-corrected chi connectivity index (χ1v) is 6.58. The Labute approximate surface area is 113 Å². The Morgan fingerprint density at radius 2 is 2.22 bits per heavy atom. The molecule has 98 valence electrons.